The first-order valence-electron chi connectivity index (χ1n) is 11.1. The summed E-state index contributed by atoms with van der Waals surface area (Å²) in [5.74, 6) is 1.35. The molecule has 1 atom stereocenters. The van der Waals surface area contributed by atoms with Crippen LogP contribution in [0.15, 0.2) is 42.5 Å². The Balaban J connectivity index is 2.21. The second-order valence-corrected chi connectivity index (χ2v) is 8.54. The summed E-state index contributed by atoms with van der Waals surface area (Å²) in [5, 5.41) is 2.97. The molecule has 0 radical (unpaired) electrons. The molecular weight excluding hydrogens is 404 g/mol. The first kappa shape index (κ1) is 25.2. The molecule has 1 N–H and O–H groups in total. The maximum Gasteiger partial charge on any atom is 0.261 e. The number of amides is 2. The summed E-state index contributed by atoms with van der Waals surface area (Å²) in [4.78, 5) is 27.8. The van der Waals surface area contributed by atoms with Gasteiger partial charge in [-0.25, -0.2) is 0 Å². The minimum atomic E-state index is -0.578. The third kappa shape index (κ3) is 7.59. The van der Waals surface area contributed by atoms with Gasteiger partial charge in [0, 0.05) is 13.1 Å². The van der Waals surface area contributed by atoms with Crippen molar-refractivity contribution in [2.75, 3.05) is 20.3 Å². The lowest BCUT2D eigenvalue weighted by atomic mass is 10.1. The Morgan fingerprint density at radius 3 is 2.16 bits per heavy atom. The molecule has 0 aliphatic rings. The molecule has 0 bridgehead atoms. The second-order valence-electron chi connectivity index (χ2n) is 8.54. The molecule has 0 unspecified atom stereocenters. The zero-order valence-corrected chi connectivity index (χ0v) is 20.1. The molecule has 2 amide bonds. The molecule has 0 aliphatic carbocycles. The number of nitrogens with one attached hydrogen (secondary N) is 1. The molecule has 0 saturated carbocycles. The van der Waals surface area contributed by atoms with Crippen LogP contribution < -0.4 is 14.8 Å². The molecule has 0 saturated heterocycles. The third-order valence-electron chi connectivity index (χ3n) is 5.14. The van der Waals surface area contributed by atoms with Gasteiger partial charge < -0.3 is 19.7 Å². The van der Waals surface area contributed by atoms with Gasteiger partial charge in [0.25, 0.3) is 5.91 Å². The minimum Gasteiger partial charge on any atom is -0.497 e. The van der Waals surface area contributed by atoms with Crippen LogP contribution >= 0.6 is 0 Å². The fraction of sp³-hybridized carbons (Fsp3) is 0.462. The average molecular weight is 441 g/mol. The van der Waals surface area contributed by atoms with E-state index in [4.69, 9.17) is 9.47 Å². The molecule has 0 aliphatic heterocycles. The van der Waals surface area contributed by atoms with Gasteiger partial charge in [-0.2, -0.15) is 0 Å². The zero-order valence-electron chi connectivity index (χ0n) is 20.1. The zero-order chi connectivity index (χ0) is 23.7. The molecular formula is C26H36N2O4. The standard InChI is InChI=1S/C26H36N2O4/c1-7-24(26(30)27-15-18(2)3)28(16-21-8-10-22(31-6)11-9-21)25(29)17-32-23-13-19(4)12-20(5)14-23/h8-14,18,24H,7,15-17H2,1-6H3,(H,27,30)/t24-/m1/s1. The number of carbonyl (C=O) groups is 2. The van der Waals surface area contributed by atoms with E-state index >= 15 is 0 Å². The van der Waals surface area contributed by atoms with E-state index in [0.29, 0.717) is 31.2 Å². The van der Waals surface area contributed by atoms with Crippen LogP contribution in [0.5, 0.6) is 11.5 Å². The van der Waals surface area contributed by atoms with E-state index < -0.39 is 6.04 Å². The molecule has 2 aromatic carbocycles. The third-order valence-corrected chi connectivity index (χ3v) is 5.14. The highest BCUT2D eigenvalue weighted by atomic mass is 16.5. The van der Waals surface area contributed by atoms with Crippen molar-refractivity contribution in [3.05, 3.63) is 59.2 Å². The maximum atomic E-state index is 13.3. The Kier molecular flexibility index (Phi) is 9.57. The van der Waals surface area contributed by atoms with Crippen molar-refractivity contribution >= 4 is 11.8 Å². The Bertz CT molecular complexity index is 873. The first-order valence-corrected chi connectivity index (χ1v) is 11.1. The normalized spacial score (nSPS) is 11.7. The Morgan fingerprint density at radius 1 is 1.00 bits per heavy atom. The van der Waals surface area contributed by atoms with Crippen LogP contribution in [0.3, 0.4) is 0 Å². The van der Waals surface area contributed by atoms with E-state index in [-0.39, 0.29) is 18.4 Å². The Hall–Kier alpha value is -3.02. The number of methoxy groups -OCH3 is 1. The minimum absolute atomic E-state index is 0.132. The summed E-state index contributed by atoms with van der Waals surface area (Å²) in [6, 6.07) is 12.8. The molecule has 6 heteroatoms. The van der Waals surface area contributed by atoms with E-state index in [1.807, 2.05) is 71.0 Å². The molecule has 0 heterocycles. The van der Waals surface area contributed by atoms with Crippen molar-refractivity contribution in [1.29, 1.82) is 0 Å². The summed E-state index contributed by atoms with van der Waals surface area (Å²) < 4.78 is 11.0. The number of ether oxygens (including phenoxy) is 2. The van der Waals surface area contributed by atoms with E-state index in [1.165, 1.54) is 0 Å². The molecule has 0 fully saturated rings. The van der Waals surface area contributed by atoms with Crippen molar-refractivity contribution in [3.8, 4) is 11.5 Å². The highest BCUT2D eigenvalue weighted by molar-refractivity contribution is 5.88. The number of benzene rings is 2. The lowest BCUT2D eigenvalue weighted by molar-refractivity contribution is -0.143. The van der Waals surface area contributed by atoms with E-state index in [0.717, 1.165) is 22.4 Å². The second kappa shape index (κ2) is 12.1. The number of hydrogen-bond acceptors (Lipinski definition) is 4. The summed E-state index contributed by atoms with van der Waals surface area (Å²) in [6.07, 6.45) is 0.509. The van der Waals surface area contributed by atoms with Gasteiger partial charge in [0.05, 0.1) is 7.11 Å². The summed E-state index contributed by atoms with van der Waals surface area (Å²) in [6.45, 7) is 10.7. The SMILES string of the molecule is CC[C@H](C(=O)NCC(C)C)N(Cc1ccc(OC)cc1)C(=O)COc1cc(C)cc(C)c1. The van der Waals surface area contributed by atoms with E-state index in [1.54, 1.807) is 12.0 Å². The van der Waals surface area contributed by atoms with Gasteiger partial charge in [-0.15, -0.1) is 0 Å². The van der Waals surface area contributed by atoms with Gasteiger partial charge in [0.2, 0.25) is 5.91 Å². The van der Waals surface area contributed by atoms with Gasteiger partial charge in [-0.1, -0.05) is 39.0 Å². The molecule has 6 nitrogen and oxygen atoms in total. The predicted molar refractivity (Wildman–Crippen MR) is 127 cm³/mol. The lowest BCUT2D eigenvalue weighted by Crippen LogP contribution is -2.50. The van der Waals surface area contributed by atoms with Crippen molar-refractivity contribution in [3.63, 3.8) is 0 Å². The molecule has 2 rings (SSSR count). The Labute approximate surface area is 191 Å². The van der Waals surface area contributed by atoms with Crippen LogP contribution in [0.4, 0.5) is 0 Å². The fourth-order valence-electron chi connectivity index (χ4n) is 3.51. The van der Waals surface area contributed by atoms with Crippen LogP contribution in [0.2, 0.25) is 0 Å². The quantitative estimate of drug-likeness (QED) is 0.567. The van der Waals surface area contributed by atoms with Gasteiger partial charge in [-0.05, 0) is 67.1 Å². The summed E-state index contributed by atoms with van der Waals surface area (Å²) in [5.41, 5.74) is 3.06. The number of rotatable bonds is 11. The van der Waals surface area contributed by atoms with Gasteiger partial charge in [0.1, 0.15) is 17.5 Å². The topological polar surface area (TPSA) is 67.9 Å². The van der Waals surface area contributed by atoms with Crippen molar-refractivity contribution in [1.82, 2.24) is 10.2 Å². The average Bonchev–Trinajstić information content (AvgIpc) is 2.75. The first-order chi connectivity index (χ1) is 15.2. The van der Waals surface area contributed by atoms with Gasteiger partial charge in [0.15, 0.2) is 6.61 Å². The highest BCUT2D eigenvalue weighted by Gasteiger charge is 2.29. The van der Waals surface area contributed by atoms with Crippen LogP contribution in [-0.2, 0) is 16.1 Å². The molecule has 174 valence electrons. The van der Waals surface area contributed by atoms with E-state index in [9.17, 15) is 9.59 Å². The van der Waals surface area contributed by atoms with E-state index in [2.05, 4.69) is 11.4 Å². The smallest absolute Gasteiger partial charge is 0.261 e. The molecule has 32 heavy (non-hydrogen) atoms. The van der Waals surface area contributed by atoms with Gasteiger partial charge >= 0.3 is 0 Å². The number of hydrogen-bond donors (Lipinski definition) is 1. The Morgan fingerprint density at radius 2 is 1.62 bits per heavy atom. The number of carbonyl (C=O) groups excluding carboxylic acids is 2. The van der Waals surface area contributed by atoms with Crippen LogP contribution in [0.1, 0.15) is 43.9 Å². The number of aryl methyl sites for hydroxylation is 2. The maximum absolute atomic E-state index is 13.3. The predicted octanol–water partition coefficient (Wildman–Crippen LogP) is 4.27. The number of nitrogens with zero attached hydrogens (tertiary/aromatic N) is 1. The van der Waals surface area contributed by atoms with Crippen LogP contribution in [0, 0.1) is 19.8 Å². The van der Waals surface area contributed by atoms with Gasteiger partial charge in [-0.3, -0.25) is 9.59 Å². The lowest BCUT2D eigenvalue weighted by Gasteiger charge is -2.31. The molecule has 0 aromatic heterocycles. The fourth-order valence-corrected chi connectivity index (χ4v) is 3.51. The summed E-state index contributed by atoms with van der Waals surface area (Å²) in [7, 11) is 1.61. The van der Waals surface area contributed by atoms with Crippen molar-refractivity contribution in [2.24, 2.45) is 5.92 Å². The monoisotopic (exact) mass is 440 g/mol. The van der Waals surface area contributed by atoms with Crippen molar-refractivity contribution in [2.45, 2.75) is 53.6 Å². The molecule has 2 aromatic rings. The molecule has 0 spiro atoms. The van der Waals surface area contributed by atoms with Crippen molar-refractivity contribution < 1.29 is 19.1 Å². The highest BCUT2D eigenvalue weighted by Crippen LogP contribution is 2.19. The van der Waals surface area contributed by atoms with Crippen LogP contribution in [0.25, 0.3) is 0 Å². The largest absolute Gasteiger partial charge is 0.497 e. The summed E-state index contributed by atoms with van der Waals surface area (Å²) >= 11 is 0. The van der Waals surface area contributed by atoms with Crippen LogP contribution in [-0.4, -0.2) is 43.0 Å².